The Labute approximate surface area is 116 Å². The smallest absolute Gasteiger partial charge is 0.0115 e. The van der Waals surface area contributed by atoms with Gasteiger partial charge in [-0.25, -0.2) is 0 Å². The highest BCUT2D eigenvalue weighted by Crippen LogP contribution is 2.51. The number of rotatable bonds is 6. The van der Waals surface area contributed by atoms with Crippen LogP contribution >= 0.6 is 0 Å². The minimum atomic E-state index is 0.365. The van der Waals surface area contributed by atoms with Crippen LogP contribution in [0.3, 0.4) is 0 Å². The maximum Gasteiger partial charge on any atom is 0.0115 e. The molecule has 3 unspecified atom stereocenters. The third kappa shape index (κ3) is 3.73. The summed E-state index contributed by atoms with van der Waals surface area (Å²) in [5, 5.41) is 0. The van der Waals surface area contributed by atoms with Crippen molar-refractivity contribution >= 4 is 0 Å². The van der Waals surface area contributed by atoms with Gasteiger partial charge in [0.2, 0.25) is 0 Å². The zero-order chi connectivity index (χ0) is 14.8. The molecule has 18 heavy (non-hydrogen) atoms. The predicted octanol–water partition coefficient (Wildman–Crippen LogP) is 5.21. The van der Waals surface area contributed by atoms with Gasteiger partial charge in [-0.1, -0.05) is 54.9 Å². The largest absolute Gasteiger partial charge is 0.306 e. The summed E-state index contributed by atoms with van der Waals surface area (Å²) in [6, 6.07) is 0.621. The average Bonchev–Trinajstić information content (AvgIpc) is 2.25. The van der Waals surface area contributed by atoms with Crippen molar-refractivity contribution in [3.63, 3.8) is 0 Å². The molecular weight excluding hydrogens is 218 g/mol. The van der Waals surface area contributed by atoms with E-state index in [1.165, 1.54) is 19.3 Å². The molecule has 0 amide bonds. The van der Waals surface area contributed by atoms with Crippen molar-refractivity contribution in [3.05, 3.63) is 0 Å². The molecule has 0 aromatic heterocycles. The summed E-state index contributed by atoms with van der Waals surface area (Å²) in [5.74, 6) is 0. The predicted molar refractivity (Wildman–Crippen MR) is 84.0 cm³/mol. The fourth-order valence-electron chi connectivity index (χ4n) is 3.00. The summed E-state index contributed by atoms with van der Waals surface area (Å²) in [7, 11) is 4.41. The standard InChI is InChI=1S/C17H37N/c1-11-16(7,14(3)18(9)10)13-17(8,12-2)15(4,5)6/h14H,11-13H2,1-10H3. The van der Waals surface area contributed by atoms with Crippen molar-refractivity contribution in [1.82, 2.24) is 4.90 Å². The summed E-state index contributed by atoms with van der Waals surface area (Å²) in [6.45, 7) is 19.2. The maximum atomic E-state index is 2.48. The highest BCUT2D eigenvalue weighted by atomic mass is 15.1. The van der Waals surface area contributed by atoms with Gasteiger partial charge in [-0.2, -0.15) is 0 Å². The van der Waals surface area contributed by atoms with E-state index in [4.69, 9.17) is 0 Å². The van der Waals surface area contributed by atoms with Crippen LogP contribution in [0.25, 0.3) is 0 Å². The first-order chi connectivity index (χ1) is 7.93. The van der Waals surface area contributed by atoms with E-state index in [0.717, 1.165) is 0 Å². The minimum absolute atomic E-state index is 0.365. The van der Waals surface area contributed by atoms with E-state index in [-0.39, 0.29) is 0 Å². The Balaban J connectivity index is 5.23. The van der Waals surface area contributed by atoms with Crippen molar-refractivity contribution in [3.8, 4) is 0 Å². The molecule has 0 radical (unpaired) electrons. The van der Waals surface area contributed by atoms with E-state index in [9.17, 15) is 0 Å². The third-order valence-corrected chi connectivity index (χ3v) is 5.98. The molecule has 1 nitrogen and oxygen atoms in total. The Morgan fingerprint density at radius 1 is 0.889 bits per heavy atom. The highest BCUT2D eigenvalue weighted by Gasteiger charge is 2.43. The van der Waals surface area contributed by atoms with Crippen molar-refractivity contribution in [2.75, 3.05) is 14.1 Å². The van der Waals surface area contributed by atoms with Crippen LogP contribution in [0.5, 0.6) is 0 Å². The summed E-state index contributed by atoms with van der Waals surface area (Å²) in [4.78, 5) is 2.38. The molecule has 1 heteroatoms. The summed E-state index contributed by atoms with van der Waals surface area (Å²) in [6.07, 6.45) is 3.81. The van der Waals surface area contributed by atoms with Crippen LogP contribution in [0.2, 0.25) is 0 Å². The van der Waals surface area contributed by atoms with E-state index < -0.39 is 0 Å². The lowest BCUT2D eigenvalue weighted by Gasteiger charge is -2.50. The molecule has 0 aliphatic heterocycles. The molecule has 110 valence electrons. The SMILES string of the molecule is CCC(C)(CC(C)(CC)C(C)(C)C)C(C)N(C)C. The molecule has 0 heterocycles. The second kappa shape index (κ2) is 5.94. The van der Waals surface area contributed by atoms with E-state index in [1.54, 1.807) is 0 Å². The van der Waals surface area contributed by atoms with Gasteiger partial charge in [0.05, 0.1) is 0 Å². The Kier molecular flexibility index (Phi) is 5.93. The van der Waals surface area contributed by atoms with E-state index in [1.807, 2.05) is 0 Å². The first-order valence-corrected chi connectivity index (χ1v) is 7.60. The quantitative estimate of drug-likeness (QED) is 0.630. The van der Waals surface area contributed by atoms with E-state index in [0.29, 0.717) is 22.3 Å². The molecule has 0 N–H and O–H groups in total. The molecule has 0 fully saturated rings. The van der Waals surface area contributed by atoms with Gasteiger partial charge in [-0.3, -0.25) is 0 Å². The first kappa shape index (κ1) is 18.0. The second-order valence-electron chi connectivity index (χ2n) is 7.99. The topological polar surface area (TPSA) is 3.24 Å². The zero-order valence-electron chi connectivity index (χ0n) is 14.6. The van der Waals surface area contributed by atoms with Crippen LogP contribution in [0.1, 0.15) is 74.7 Å². The van der Waals surface area contributed by atoms with Gasteiger partial charge in [-0.05, 0) is 50.1 Å². The molecule has 0 aliphatic carbocycles. The molecule has 0 aromatic rings. The fraction of sp³-hybridized carbons (Fsp3) is 1.00. The van der Waals surface area contributed by atoms with Gasteiger partial charge >= 0.3 is 0 Å². The Hall–Kier alpha value is -0.0400. The number of hydrogen-bond donors (Lipinski definition) is 0. The Bertz CT molecular complexity index is 251. The van der Waals surface area contributed by atoms with Crippen molar-refractivity contribution in [1.29, 1.82) is 0 Å². The van der Waals surface area contributed by atoms with Crippen LogP contribution in [-0.2, 0) is 0 Å². The summed E-state index contributed by atoms with van der Waals surface area (Å²) >= 11 is 0. The van der Waals surface area contributed by atoms with Crippen molar-refractivity contribution in [2.45, 2.75) is 80.7 Å². The molecule has 0 saturated carbocycles. The molecule has 3 atom stereocenters. The van der Waals surface area contributed by atoms with E-state index in [2.05, 4.69) is 74.4 Å². The van der Waals surface area contributed by atoms with Crippen molar-refractivity contribution < 1.29 is 0 Å². The van der Waals surface area contributed by atoms with Gasteiger partial charge in [0.25, 0.3) is 0 Å². The molecule has 0 saturated heterocycles. The lowest BCUT2D eigenvalue weighted by atomic mass is 9.57. The fourth-order valence-corrected chi connectivity index (χ4v) is 3.00. The van der Waals surface area contributed by atoms with Crippen LogP contribution in [-0.4, -0.2) is 25.0 Å². The van der Waals surface area contributed by atoms with Gasteiger partial charge in [0.15, 0.2) is 0 Å². The molecule has 0 rings (SSSR count). The molecule has 0 spiro atoms. The zero-order valence-corrected chi connectivity index (χ0v) is 14.6. The normalized spacial score (nSPS) is 21.5. The third-order valence-electron chi connectivity index (χ3n) is 5.98. The van der Waals surface area contributed by atoms with Gasteiger partial charge in [0, 0.05) is 6.04 Å². The minimum Gasteiger partial charge on any atom is -0.306 e. The average molecular weight is 255 g/mol. The molecular formula is C17H37N. The van der Waals surface area contributed by atoms with E-state index >= 15 is 0 Å². The summed E-state index contributed by atoms with van der Waals surface area (Å²) in [5.41, 5.74) is 1.16. The van der Waals surface area contributed by atoms with Crippen LogP contribution in [0, 0.1) is 16.2 Å². The highest BCUT2D eigenvalue weighted by molar-refractivity contribution is 4.94. The Morgan fingerprint density at radius 3 is 1.56 bits per heavy atom. The monoisotopic (exact) mass is 255 g/mol. The van der Waals surface area contributed by atoms with Gasteiger partial charge in [-0.15, -0.1) is 0 Å². The van der Waals surface area contributed by atoms with Crippen molar-refractivity contribution in [2.24, 2.45) is 16.2 Å². The van der Waals surface area contributed by atoms with Crippen LogP contribution < -0.4 is 0 Å². The second-order valence-corrected chi connectivity index (χ2v) is 7.99. The lowest BCUT2D eigenvalue weighted by molar-refractivity contribution is 0.00185. The molecule has 0 bridgehead atoms. The van der Waals surface area contributed by atoms with Crippen LogP contribution in [0.4, 0.5) is 0 Å². The van der Waals surface area contributed by atoms with Crippen LogP contribution in [0.15, 0.2) is 0 Å². The summed E-state index contributed by atoms with van der Waals surface area (Å²) < 4.78 is 0. The Morgan fingerprint density at radius 2 is 1.33 bits per heavy atom. The lowest BCUT2D eigenvalue weighted by Crippen LogP contribution is -2.46. The first-order valence-electron chi connectivity index (χ1n) is 7.60. The molecule has 0 aromatic carbocycles. The van der Waals surface area contributed by atoms with Gasteiger partial charge in [0.1, 0.15) is 0 Å². The number of hydrogen-bond acceptors (Lipinski definition) is 1. The number of nitrogens with zero attached hydrogens (tertiary/aromatic N) is 1. The van der Waals surface area contributed by atoms with Gasteiger partial charge < -0.3 is 4.90 Å². The maximum absolute atomic E-state index is 2.48. The molecule has 0 aliphatic rings.